The third-order valence-corrected chi connectivity index (χ3v) is 5.64. The molecule has 0 aliphatic carbocycles. The van der Waals surface area contributed by atoms with Crippen LogP contribution in [0.4, 0.5) is 5.69 Å². The zero-order valence-corrected chi connectivity index (χ0v) is 16.9. The number of carbonyl (C=O) groups is 2. The molecule has 0 atom stereocenters. The molecule has 2 amide bonds. The molecule has 6 heteroatoms. The lowest BCUT2D eigenvalue weighted by Crippen LogP contribution is -2.39. The Morgan fingerprint density at radius 3 is 2.45 bits per heavy atom. The van der Waals surface area contributed by atoms with Crippen molar-refractivity contribution in [2.45, 2.75) is 32.6 Å². The smallest absolute Gasteiger partial charge is 0.255 e. The van der Waals surface area contributed by atoms with Crippen molar-refractivity contribution in [1.29, 1.82) is 0 Å². The third kappa shape index (κ3) is 5.57. The minimum absolute atomic E-state index is 0.0242. The lowest BCUT2D eigenvalue weighted by molar-refractivity contribution is -0.123. The predicted octanol–water partition coefficient (Wildman–Crippen LogP) is 2.95. The van der Waals surface area contributed by atoms with Crippen LogP contribution >= 0.6 is 0 Å². The molecule has 0 bridgehead atoms. The number of aryl methyl sites for hydroxylation is 1. The Morgan fingerprint density at radius 1 is 1.14 bits per heavy atom. The van der Waals surface area contributed by atoms with Crippen LogP contribution in [0, 0.1) is 5.92 Å². The molecular weight excluding hydrogens is 366 g/mol. The van der Waals surface area contributed by atoms with Gasteiger partial charge in [0.1, 0.15) is 5.75 Å². The number of benzene rings is 2. The van der Waals surface area contributed by atoms with Gasteiger partial charge >= 0.3 is 0 Å². The van der Waals surface area contributed by atoms with E-state index in [1.54, 1.807) is 18.2 Å². The fourth-order valence-electron chi connectivity index (χ4n) is 3.70. The predicted molar refractivity (Wildman–Crippen MR) is 114 cm³/mol. The lowest BCUT2D eigenvalue weighted by atomic mass is 9.96. The minimum atomic E-state index is -0.190. The van der Waals surface area contributed by atoms with Gasteiger partial charge in [-0.15, -0.1) is 0 Å². The Morgan fingerprint density at radius 2 is 1.83 bits per heavy atom. The first-order valence-corrected chi connectivity index (χ1v) is 10.2. The summed E-state index contributed by atoms with van der Waals surface area (Å²) in [7, 11) is 0. The second-order valence-electron chi connectivity index (χ2n) is 7.62. The summed E-state index contributed by atoms with van der Waals surface area (Å²) in [6, 6.07) is 12.8. The fraction of sp³-hybridized carbons (Fsp3) is 0.391. The number of anilines is 1. The molecule has 0 unspecified atom stereocenters. The topological polar surface area (TPSA) is 95.7 Å². The van der Waals surface area contributed by atoms with Gasteiger partial charge in [0.25, 0.3) is 5.91 Å². The maximum atomic E-state index is 12.5. The number of nitrogens with zero attached hydrogens (tertiary/aromatic N) is 1. The second kappa shape index (κ2) is 9.56. The SMILES string of the molecule is CCc1cc(C(=O)Nc2ccc(CCN3CCC(C(N)=O)CC3)cc2)ccc1O. The maximum absolute atomic E-state index is 12.5. The summed E-state index contributed by atoms with van der Waals surface area (Å²) in [4.78, 5) is 26.1. The van der Waals surface area contributed by atoms with Crippen molar-refractivity contribution in [3.05, 3.63) is 59.2 Å². The largest absolute Gasteiger partial charge is 0.508 e. The van der Waals surface area contributed by atoms with Gasteiger partial charge in [-0.25, -0.2) is 0 Å². The maximum Gasteiger partial charge on any atom is 0.255 e. The van der Waals surface area contributed by atoms with Crippen LogP contribution in [0.1, 0.15) is 41.3 Å². The number of nitrogens with one attached hydrogen (secondary N) is 1. The molecule has 1 saturated heterocycles. The van der Waals surface area contributed by atoms with E-state index in [2.05, 4.69) is 10.2 Å². The minimum Gasteiger partial charge on any atom is -0.508 e. The molecule has 0 radical (unpaired) electrons. The number of phenolic OH excluding ortho intramolecular Hbond substituents is 1. The average Bonchev–Trinajstić information content (AvgIpc) is 2.73. The van der Waals surface area contributed by atoms with Gasteiger partial charge < -0.3 is 21.1 Å². The van der Waals surface area contributed by atoms with E-state index in [4.69, 9.17) is 5.73 Å². The molecule has 6 nitrogen and oxygen atoms in total. The number of hydrogen-bond acceptors (Lipinski definition) is 4. The van der Waals surface area contributed by atoms with E-state index in [1.807, 2.05) is 31.2 Å². The van der Waals surface area contributed by atoms with Crippen LogP contribution in [0.15, 0.2) is 42.5 Å². The van der Waals surface area contributed by atoms with Gasteiger partial charge in [0, 0.05) is 23.7 Å². The summed E-state index contributed by atoms with van der Waals surface area (Å²) in [6.45, 7) is 4.71. The molecule has 3 rings (SSSR count). The van der Waals surface area contributed by atoms with E-state index in [9.17, 15) is 14.7 Å². The highest BCUT2D eigenvalue weighted by Gasteiger charge is 2.22. The summed E-state index contributed by atoms with van der Waals surface area (Å²) in [5.74, 6) is -0.131. The van der Waals surface area contributed by atoms with Gasteiger partial charge in [0.05, 0.1) is 0 Å². The molecule has 2 aromatic carbocycles. The van der Waals surface area contributed by atoms with Crippen LogP contribution in [-0.4, -0.2) is 41.5 Å². The van der Waals surface area contributed by atoms with Gasteiger partial charge in [0.2, 0.25) is 5.91 Å². The number of hydrogen-bond donors (Lipinski definition) is 3. The number of nitrogens with two attached hydrogens (primary N) is 1. The normalized spacial score (nSPS) is 15.2. The number of phenols is 1. The Balaban J connectivity index is 1.50. The van der Waals surface area contributed by atoms with Crippen molar-refractivity contribution >= 4 is 17.5 Å². The zero-order chi connectivity index (χ0) is 20.8. The van der Waals surface area contributed by atoms with Crippen LogP contribution in [0.5, 0.6) is 5.75 Å². The fourth-order valence-corrected chi connectivity index (χ4v) is 3.70. The van der Waals surface area contributed by atoms with E-state index < -0.39 is 0 Å². The Labute approximate surface area is 171 Å². The van der Waals surface area contributed by atoms with E-state index in [-0.39, 0.29) is 23.5 Å². The van der Waals surface area contributed by atoms with Gasteiger partial charge in [-0.3, -0.25) is 9.59 Å². The molecule has 154 valence electrons. The first-order chi connectivity index (χ1) is 14.0. The number of aromatic hydroxyl groups is 1. The number of carbonyl (C=O) groups excluding carboxylic acids is 2. The highest BCUT2D eigenvalue weighted by molar-refractivity contribution is 6.04. The Bertz CT molecular complexity index is 856. The van der Waals surface area contributed by atoms with Crippen LogP contribution in [0.2, 0.25) is 0 Å². The van der Waals surface area contributed by atoms with Crippen molar-refractivity contribution in [3.8, 4) is 5.75 Å². The number of amides is 2. The molecule has 0 spiro atoms. The molecule has 29 heavy (non-hydrogen) atoms. The highest BCUT2D eigenvalue weighted by atomic mass is 16.3. The van der Waals surface area contributed by atoms with E-state index in [0.717, 1.165) is 50.1 Å². The van der Waals surface area contributed by atoms with Crippen molar-refractivity contribution in [3.63, 3.8) is 0 Å². The summed E-state index contributed by atoms with van der Waals surface area (Å²) in [5, 5.41) is 12.7. The molecule has 0 saturated carbocycles. The van der Waals surface area contributed by atoms with E-state index in [0.29, 0.717) is 12.0 Å². The average molecular weight is 396 g/mol. The van der Waals surface area contributed by atoms with E-state index in [1.165, 1.54) is 5.56 Å². The zero-order valence-electron chi connectivity index (χ0n) is 16.9. The van der Waals surface area contributed by atoms with Crippen molar-refractivity contribution in [1.82, 2.24) is 4.90 Å². The Hall–Kier alpha value is -2.86. The summed E-state index contributed by atoms with van der Waals surface area (Å²) in [6.07, 6.45) is 3.28. The number of piperidine rings is 1. The van der Waals surface area contributed by atoms with Gasteiger partial charge in [-0.05, 0) is 80.2 Å². The van der Waals surface area contributed by atoms with Crippen LogP contribution < -0.4 is 11.1 Å². The summed E-state index contributed by atoms with van der Waals surface area (Å²) < 4.78 is 0. The number of rotatable bonds is 7. The van der Waals surface area contributed by atoms with Crippen LogP contribution in [0.25, 0.3) is 0 Å². The molecule has 1 aliphatic heterocycles. The third-order valence-electron chi connectivity index (χ3n) is 5.64. The van der Waals surface area contributed by atoms with Crippen molar-refractivity contribution in [2.24, 2.45) is 11.7 Å². The second-order valence-corrected chi connectivity index (χ2v) is 7.62. The summed E-state index contributed by atoms with van der Waals surface area (Å²) >= 11 is 0. The van der Waals surface area contributed by atoms with Crippen molar-refractivity contribution < 1.29 is 14.7 Å². The molecule has 1 fully saturated rings. The molecule has 0 aromatic heterocycles. The highest BCUT2D eigenvalue weighted by Crippen LogP contribution is 2.20. The van der Waals surface area contributed by atoms with E-state index >= 15 is 0 Å². The number of primary amides is 1. The molecular formula is C23H29N3O3. The molecule has 2 aromatic rings. The van der Waals surface area contributed by atoms with Gasteiger partial charge in [-0.1, -0.05) is 19.1 Å². The lowest BCUT2D eigenvalue weighted by Gasteiger charge is -2.30. The van der Waals surface area contributed by atoms with Gasteiger partial charge in [0.15, 0.2) is 0 Å². The first kappa shape index (κ1) is 20.9. The van der Waals surface area contributed by atoms with Gasteiger partial charge in [-0.2, -0.15) is 0 Å². The molecule has 1 heterocycles. The van der Waals surface area contributed by atoms with Crippen LogP contribution in [-0.2, 0) is 17.6 Å². The Kier molecular flexibility index (Phi) is 6.88. The standard InChI is InChI=1S/C23H29N3O3/c1-2-17-15-19(5-8-21(17)27)23(29)25-20-6-3-16(4-7-20)9-12-26-13-10-18(11-14-26)22(24)28/h3-8,15,18,27H,2,9-14H2,1H3,(H2,24,28)(H,25,29). The summed E-state index contributed by atoms with van der Waals surface area (Å²) in [5.41, 5.74) is 8.62. The van der Waals surface area contributed by atoms with Crippen molar-refractivity contribution in [2.75, 3.05) is 25.0 Å². The first-order valence-electron chi connectivity index (χ1n) is 10.2. The number of likely N-dealkylation sites (tertiary alicyclic amines) is 1. The molecule has 4 N–H and O–H groups in total. The quantitative estimate of drug-likeness (QED) is 0.672. The molecule has 1 aliphatic rings. The van der Waals surface area contributed by atoms with Crippen LogP contribution in [0.3, 0.4) is 0 Å². The monoisotopic (exact) mass is 395 g/mol.